The van der Waals surface area contributed by atoms with E-state index in [4.69, 9.17) is 5.11 Å². The van der Waals surface area contributed by atoms with Crippen LogP contribution in [-0.2, 0) is 13.6 Å². The SMILES string of the molecule is CC1CN(Cc2cc(C(=O)O)nn2C)CCN1c1ccccc1. The van der Waals surface area contributed by atoms with Gasteiger partial charge >= 0.3 is 5.97 Å². The minimum atomic E-state index is -0.978. The predicted molar refractivity (Wildman–Crippen MR) is 88.7 cm³/mol. The molecule has 2 aromatic rings. The Morgan fingerprint density at radius 3 is 2.65 bits per heavy atom. The molecule has 1 atom stereocenters. The molecular weight excluding hydrogens is 292 g/mol. The van der Waals surface area contributed by atoms with Crippen molar-refractivity contribution in [1.82, 2.24) is 14.7 Å². The van der Waals surface area contributed by atoms with Gasteiger partial charge in [-0.25, -0.2) is 4.79 Å². The lowest BCUT2D eigenvalue weighted by Crippen LogP contribution is -2.51. The van der Waals surface area contributed by atoms with Crippen molar-refractivity contribution >= 4 is 11.7 Å². The summed E-state index contributed by atoms with van der Waals surface area (Å²) in [6, 6.07) is 12.5. The molecule has 0 aliphatic carbocycles. The van der Waals surface area contributed by atoms with Crippen LogP contribution in [0.15, 0.2) is 36.4 Å². The molecule has 1 fully saturated rings. The van der Waals surface area contributed by atoms with Crippen molar-refractivity contribution in [2.45, 2.75) is 19.5 Å². The Kier molecular flexibility index (Phi) is 4.34. The molecule has 3 rings (SSSR count). The molecule has 1 N–H and O–H groups in total. The standard InChI is InChI=1S/C17H22N4O2/c1-13-11-20(8-9-21(13)14-6-4-3-5-7-14)12-15-10-16(17(22)23)18-19(15)2/h3-7,10,13H,8-9,11-12H2,1-2H3,(H,22,23). The van der Waals surface area contributed by atoms with Crippen molar-refractivity contribution in [2.75, 3.05) is 24.5 Å². The molecule has 6 nitrogen and oxygen atoms in total. The molecular formula is C17H22N4O2. The van der Waals surface area contributed by atoms with Crippen molar-refractivity contribution < 1.29 is 9.90 Å². The smallest absolute Gasteiger partial charge is 0.356 e. The van der Waals surface area contributed by atoms with Crippen LogP contribution in [0.4, 0.5) is 5.69 Å². The number of aromatic carboxylic acids is 1. The van der Waals surface area contributed by atoms with Gasteiger partial charge in [0.25, 0.3) is 0 Å². The monoisotopic (exact) mass is 314 g/mol. The summed E-state index contributed by atoms with van der Waals surface area (Å²) in [6.07, 6.45) is 0. The van der Waals surface area contributed by atoms with Crippen molar-refractivity contribution in [1.29, 1.82) is 0 Å². The van der Waals surface area contributed by atoms with Gasteiger partial charge in [0.2, 0.25) is 0 Å². The summed E-state index contributed by atoms with van der Waals surface area (Å²) in [6.45, 7) is 5.82. The van der Waals surface area contributed by atoms with E-state index in [0.717, 1.165) is 31.9 Å². The van der Waals surface area contributed by atoms with E-state index in [0.29, 0.717) is 6.04 Å². The third-order valence-corrected chi connectivity index (χ3v) is 4.38. The first-order valence-corrected chi connectivity index (χ1v) is 7.85. The van der Waals surface area contributed by atoms with Crippen LogP contribution in [-0.4, -0.2) is 51.4 Å². The molecule has 6 heteroatoms. The summed E-state index contributed by atoms with van der Waals surface area (Å²) < 4.78 is 1.66. The van der Waals surface area contributed by atoms with E-state index >= 15 is 0 Å². The van der Waals surface area contributed by atoms with E-state index in [9.17, 15) is 4.79 Å². The lowest BCUT2D eigenvalue weighted by molar-refractivity contribution is 0.0689. The maximum absolute atomic E-state index is 11.0. The Hall–Kier alpha value is -2.34. The van der Waals surface area contributed by atoms with Crippen LogP contribution >= 0.6 is 0 Å². The normalized spacial score (nSPS) is 19.0. The number of benzene rings is 1. The van der Waals surface area contributed by atoms with Crippen molar-refractivity contribution in [3.05, 3.63) is 47.8 Å². The van der Waals surface area contributed by atoms with Gasteiger partial charge in [-0.15, -0.1) is 0 Å². The van der Waals surface area contributed by atoms with Crippen molar-refractivity contribution in [3.63, 3.8) is 0 Å². The van der Waals surface area contributed by atoms with E-state index in [1.54, 1.807) is 17.8 Å². The minimum Gasteiger partial charge on any atom is -0.476 e. The number of para-hydroxylation sites is 1. The quantitative estimate of drug-likeness (QED) is 0.933. The zero-order valence-electron chi connectivity index (χ0n) is 13.5. The number of nitrogens with zero attached hydrogens (tertiary/aromatic N) is 4. The van der Waals surface area contributed by atoms with Gasteiger partial charge in [0.1, 0.15) is 0 Å². The summed E-state index contributed by atoms with van der Waals surface area (Å²) in [4.78, 5) is 15.8. The van der Waals surface area contributed by atoms with Gasteiger partial charge in [-0.2, -0.15) is 5.10 Å². The van der Waals surface area contributed by atoms with Crippen LogP contribution in [0.5, 0.6) is 0 Å². The van der Waals surface area contributed by atoms with E-state index in [1.807, 2.05) is 6.07 Å². The molecule has 1 aromatic carbocycles. The summed E-state index contributed by atoms with van der Waals surface area (Å²) in [5.41, 5.74) is 2.30. The first-order chi connectivity index (χ1) is 11.0. The van der Waals surface area contributed by atoms with E-state index in [-0.39, 0.29) is 5.69 Å². The molecule has 1 saturated heterocycles. The molecule has 0 bridgehead atoms. The zero-order chi connectivity index (χ0) is 16.4. The minimum absolute atomic E-state index is 0.110. The number of hydrogen-bond acceptors (Lipinski definition) is 4. The third-order valence-electron chi connectivity index (χ3n) is 4.38. The highest BCUT2D eigenvalue weighted by Crippen LogP contribution is 2.21. The number of hydrogen-bond donors (Lipinski definition) is 1. The summed E-state index contributed by atoms with van der Waals surface area (Å²) in [5.74, 6) is -0.978. The van der Waals surface area contributed by atoms with Gasteiger partial charge in [-0.3, -0.25) is 9.58 Å². The molecule has 1 aromatic heterocycles. The second-order valence-electron chi connectivity index (χ2n) is 6.06. The van der Waals surface area contributed by atoms with E-state index in [1.165, 1.54) is 5.69 Å². The van der Waals surface area contributed by atoms with Crippen LogP contribution < -0.4 is 4.90 Å². The topological polar surface area (TPSA) is 61.6 Å². The Bertz CT molecular complexity index is 683. The molecule has 122 valence electrons. The highest BCUT2D eigenvalue weighted by Gasteiger charge is 2.24. The molecule has 23 heavy (non-hydrogen) atoms. The van der Waals surface area contributed by atoms with Gasteiger partial charge < -0.3 is 10.0 Å². The Labute approximate surface area is 135 Å². The Balaban J connectivity index is 1.65. The maximum atomic E-state index is 11.0. The molecule has 2 heterocycles. The fourth-order valence-corrected chi connectivity index (χ4v) is 3.17. The number of piperazine rings is 1. The number of aryl methyl sites for hydroxylation is 1. The Morgan fingerprint density at radius 2 is 2.04 bits per heavy atom. The molecule has 0 spiro atoms. The van der Waals surface area contributed by atoms with Gasteiger partial charge in [0.15, 0.2) is 5.69 Å². The summed E-state index contributed by atoms with van der Waals surface area (Å²) >= 11 is 0. The second-order valence-corrected chi connectivity index (χ2v) is 6.06. The largest absolute Gasteiger partial charge is 0.476 e. The van der Waals surface area contributed by atoms with Crippen LogP contribution in [0.2, 0.25) is 0 Å². The molecule has 0 saturated carbocycles. The van der Waals surface area contributed by atoms with Crippen LogP contribution in [0, 0.1) is 0 Å². The van der Waals surface area contributed by atoms with Gasteiger partial charge in [0, 0.05) is 45.0 Å². The molecule has 1 aliphatic rings. The third kappa shape index (κ3) is 3.37. The number of rotatable bonds is 4. The number of aromatic nitrogens is 2. The predicted octanol–water partition coefficient (Wildman–Crippen LogP) is 1.83. The summed E-state index contributed by atoms with van der Waals surface area (Å²) in [5, 5.41) is 13.1. The van der Waals surface area contributed by atoms with Gasteiger partial charge in [-0.1, -0.05) is 18.2 Å². The lowest BCUT2D eigenvalue weighted by Gasteiger charge is -2.41. The number of carboxylic acids is 1. The Morgan fingerprint density at radius 1 is 1.30 bits per heavy atom. The number of anilines is 1. The highest BCUT2D eigenvalue weighted by molar-refractivity contribution is 5.85. The number of carbonyl (C=O) groups is 1. The first-order valence-electron chi connectivity index (χ1n) is 7.85. The average molecular weight is 314 g/mol. The first kappa shape index (κ1) is 15.6. The maximum Gasteiger partial charge on any atom is 0.356 e. The van der Waals surface area contributed by atoms with Crippen LogP contribution in [0.3, 0.4) is 0 Å². The van der Waals surface area contributed by atoms with Crippen molar-refractivity contribution in [2.24, 2.45) is 7.05 Å². The van der Waals surface area contributed by atoms with E-state index < -0.39 is 5.97 Å². The van der Waals surface area contributed by atoms with Crippen LogP contribution in [0.25, 0.3) is 0 Å². The fourth-order valence-electron chi connectivity index (χ4n) is 3.17. The van der Waals surface area contributed by atoms with Gasteiger partial charge in [0.05, 0.1) is 5.69 Å². The molecule has 0 amide bonds. The lowest BCUT2D eigenvalue weighted by atomic mass is 10.1. The van der Waals surface area contributed by atoms with Crippen molar-refractivity contribution in [3.8, 4) is 0 Å². The fraction of sp³-hybridized carbons (Fsp3) is 0.412. The molecule has 0 radical (unpaired) electrons. The zero-order valence-corrected chi connectivity index (χ0v) is 13.5. The molecule has 1 unspecified atom stereocenters. The summed E-state index contributed by atoms with van der Waals surface area (Å²) in [7, 11) is 1.80. The van der Waals surface area contributed by atoms with Crippen LogP contribution in [0.1, 0.15) is 23.1 Å². The average Bonchev–Trinajstić information content (AvgIpc) is 2.90. The molecule has 1 aliphatic heterocycles. The highest BCUT2D eigenvalue weighted by atomic mass is 16.4. The second kappa shape index (κ2) is 6.42. The van der Waals surface area contributed by atoms with E-state index in [2.05, 4.69) is 46.1 Å². The van der Waals surface area contributed by atoms with Gasteiger partial charge in [-0.05, 0) is 25.1 Å². The number of carboxylic acid groups (broad SMARTS) is 1.